The van der Waals surface area contributed by atoms with Gasteiger partial charge in [-0.1, -0.05) is 0 Å². The Morgan fingerprint density at radius 2 is 1.88 bits per heavy atom. The van der Waals surface area contributed by atoms with Crippen LogP contribution in [0.15, 0.2) is 19.9 Å². The van der Waals surface area contributed by atoms with Crippen LogP contribution in [0.5, 0.6) is 0 Å². The molecule has 0 aliphatic carbocycles. The van der Waals surface area contributed by atoms with Gasteiger partial charge in [0.25, 0.3) is 0 Å². The third kappa shape index (κ3) is 7.71. The fraction of sp³-hybridized carbons (Fsp3) is 0.667. The Morgan fingerprint density at radius 1 is 1.18 bits per heavy atom. The number of oxazole rings is 1. The maximum Gasteiger partial charge on any atom is 0.208 e. The van der Waals surface area contributed by atoms with E-state index in [2.05, 4.69) is 25.5 Å². The normalized spacial score (nSPS) is 17.5. The van der Waals surface area contributed by atoms with E-state index in [1.165, 1.54) is 0 Å². The highest BCUT2D eigenvalue weighted by molar-refractivity contribution is 14.0. The lowest BCUT2D eigenvalue weighted by molar-refractivity contribution is 0.0656. The molecule has 3 rings (SSSR count). The molecule has 2 aromatic heterocycles. The molecule has 3 heterocycles. The molecule has 1 fully saturated rings. The zero-order valence-corrected chi connectivity index (χ0v) is 23.2. The molecule has 0 spiro atoms. The molecule has 9 heteroatoms. The van der Waals surface area contributed by atoms with Gasteiger partial charge in [0, 0.05) is 18.7 Å². The number of hydrogen-bond donors (Lipinski definition) is 3. The second kappa shape index (κ2) is 12.2. The molecular weight excluding hydrogens is 533 g/mol. The lowest BCUT2D eigenvalue weighted by Crippen LogP contribution is -2.43. The van der Waals surface area contributed by atoms with Crippen molar-refractivity contribution in [2.24, 2.45) is 10.9 Å². The summed E-state index contributed by atoms with van der Waals surface area (Å²) in [5, 5.41) is 17.7. The van der Waals surface area contributed by atoms with Crippen LogP contribution < -0.4 is 10.6 Å². The average molecular weight is 574 g/mol. The zero-order valence-electron chi connectivity index (χ0n) is 20.8. The number of piperidine rings is 1. The number of furan rings is 1. The van der Waals surface area contributed by atoms with Gasteiger partial charge >= 0.3 is 0 Å². The number of guanidine groups is 1. The van der Waals surface area contributed by atoms with Gasteiger partial charge in [0.05, 0.1) is 18.8 Å². The first-order chi connectivity index (χ1) is 15.2. The topological polar surface area (TPSA) is 99.1 Å². The molecule has 8 nitrogen and oxygen atoms in total. The van der Waals surface area contributed by atoms with Crippen molar-refractivity contribution in [1.29, 1.82) is 0 Å². The van der Waals surface area contributed by atoms with E-state index in [1.807, 2.05) is 40.7 Å². The smallest absolute Gasteiger partial charge is 0.208 e. The first kappa shape index (κ1) is 27.7. The van der Waals surface area contributed by atoms with Gasteiger partial charge in [-0.3, -0.25) is 4.90 Å². The minimum Gasteiger partial charge on any atom is -0.466 e. The van der Waals surface area contributed by atoms with E-state index in [9.17, 15) is 5.11 Å². The van der Waals surface area contributed by atoms with Crippen molar-refractivity contribution < 1.29 is 13.9 Å². The molecule has 1 atom stereocenters. The fourth-order valence-corrected chi connectivity index (χ4v) is 4.21. The summed E-state index contributed by atoms with van der Waals surface area (Å²) in [6.07, 6.45) is 2.24. The number of nitrogens with zero attached hydrogens (tertiary/aromatic N) is 3. The van der Waals surface area contributed by atoms with Crippen LogP contribution >= 0.6 is 24.0 Å². The number of aliphatic hydroxyl groups is 1. The maximum atomic E-state index is 10.9. The molecule has 1 unspecified atom stereocenters. The zero-order chi connectivity index (χ0) is 23.3. The predicted octanol–water partition coefficient (Wildman–Crippen LogP) is 3.79. The van der Waals surface area contributed by atoms with Crippen molar-refractivity contribution in [3.63, 3.8) is 0 Å². The van der Waals surface area contributed by atoms with Crippen molar-refractivity contribution in [3.8, 4) is 0 Å². The Balaban J connectivity index is 0.00000385. The van der Waals surface area contributed by atoms with Gasteiger partial charge in [-0.15, -0.1) is 24.0 Å². The van der Waals surface area contributed by atoms with Crippen LogP contribution in [-0.4, -0.2) is 53.7 Å². The minimum atomic E-state index is -1.08. The molecule has 1 saturated heterocycles. The highest BCUT2D eigenvalue weighted by atomic mass is 127. The number of aliphatic imine (C=N–C) groups is 1. The van der Waals surface area contributed by atoms with Crippen molar-refractivity contribution in [2.45, 2.75) is 66.5 Å². The molecule has 33 heavy (non-hydrogen) atoms. The molecule has 2 aromatic rings. The van der Waals surface area contributed by atoms with E-state index in [-0.39, 0.29) is 30.5 Å². The summed E-state index contributed by atoms with van der Waals surface area (Å²) in [6.45, 7) is 16.3. The van der Waals surface area contributed by atoms with E-state index < -0.39 is 5.60 Å². The number of hydrogen-bond acceptors (Lipinski definition) is 6. The Labute approximate surface area is 214 Å². The maximum absolute atomic E-state index is 10.9. The Kier molecular flexibility index (Phi) is 10.2. The van der Waals surface area contributed by atoms with E-state index in [4.69, 9.17) is 8.83 Å². The SMILES string of the molecule is CCNC(=NCC(C)(O)c1cc(C)oc1C)NCC1CCN(Cc2nc(C)c(C)o2)CC1.I. The Bertz CT molecular complexity index is 894. The van der Waals surface area contributed by atoms with Gasteiger partial charge in [-0.25, -0.2) is 9.98 Å². The fourth-order valence-electron chi connectivity index (χ4n) is 4.21. The first-order valence-corrected chi connectivity index (χ1v) is 11.6. The standard InChI is InChI=1S/C24H39N5O3.HI/c1-7-25-23(27-15-24(6,30)21-12-16(2)31-19(21)5)26-13-20-8-10-29(11-9-20)14-22-28-17(3)18(4)32-22;/h12,20,30H,7-11,13-15H2,1-6H3,(H2,25,26,27);1H. The Hall–Kier alpha value is -1.59. The van der Waals surface area contributed by atoms with E-state index in [1.54, 1.807) is 6.92 Å². The quantitative estimate of drug-likeness (QED) is 0.251. The molecule has 0 amide bonds. The van der Waals surface area contributed by atoms with Crippen molar-refractivity contribution in [1.82, 2.24) is 20.5 Å². The van der Waals surface area contributed by atoms with Gasteiger partial charge in [-0.05, 0) is 79.5 Å². The summed E-state index contributed by atoms with van der Waals surface area (Å²) in [7, 11) is 0. The average Bonchev–Trinajstić information content (AvgIpc) is 3.25. The molecule has 1 aliphatic rings. The van der Waals surface area contributed by atoms with Gasteiger partial charge in [0.2, 0.25) is 5.89 Å². The third-order valence-corrected chi connectivity index (χ3v) is 6.21. The van der Waals surface area contributed by atoms with Gasteiger partial charge in [0.15, 0.2) is 5.96 Å². The number of aryl methyl sites for hydroxylation is 4. The monoisotopic (exact) mass is 573 g/mol. The van der Waals surface area contributed by atoms with Crippen molar-refractivity contribution in [3.05, 3.63) is 40.5 Å². The largest absolute Gasteiger partial charge is 0.466 e. The second-order valence-electron chi connectivity index (χ2n) is 9.15. The van der Waals surface area contributed by atoms with Crippen LogP contribution in [0, 0.1) is 33.6 Å². The lowest BCUT2D eigenvalue weighted by Gasteiger charge is -2.31. The molecule has 0 saturated carbocycles. The van der Waals surface area contributed by atoms with Crippen LogP contribution in [0.3, 0.4) is 0 Å². The summed E-state index contributed by atoms with van der Waals surface area (Å²) >= 11 is 0. The predicted molar refractivity (Wildman–Crippen MR) is 141 cm³/mol. The van der Waals surface area contributed by atoms with E-state index in [0.29, 0.717) is 5.92 Å². The van der Waals surface area contributed by atoms with Crippen molar-refractivity contribution >= 4 is 29.9 Å². The highest BCUT2D eigenvalue weighted by Gasteiger charge is 2.28. The van der Waals surface area contributed by atoms with Crippen LogP contribution in [-0.2, 0) is 12.1 Å². The van der Waals surface area contributed by atoms with Gasteiger partial charge < -0.3 is 24.6 Å². The molecule has 186 valence electrons. The minimum absolute atomic E-state index is 0. The number of aromatic nitrogens is 1. The number of likely N-dealkylation sites (tertiary alicyclic amines) is 1. The van der Waals surface area contributed by atoms with Crippen LogP contribution in [0.2, 0.25) is 0 Å². The summed E-state index contributed by atoms with van der Waals surface area (Å²) < 4.78 is 11.3. The van der Waals surface area contributed by atoms with Gasteiger partial charge in [0.1, 0.15) is 22.9 Å². The number of nitrogens with one attached hydrogen (secondary N) is 2. The van der Waals surface area contributed by atoms with Gasteiger partial charge in [-0.2, -0.15) is 0 Å². The Morgan fingerprint density at radius 3 is 2.42 bits per heavy atom. The summed E-state index contributed by atoms with van der Waals surface area (Å²) in [4.78, 5) is 11.6. The van der Waals surface area contributed by atoms with Crippen LogP contribution in [0.4, 0.5) is 0 Å². The number of halogens is 1. The molecule has 1 aliphatic heterocycles. The second-order valence-corrected chi connectivity index (χ2v) is 9.15. The molecular formula is C24H40IN5O3. The van der Waals surface area contributed by atoms with Crippen LogP contribution in [0.1, 0.15) is 61.1 Å². The summed E-state index contributed by atoms with van der Waals surface area (Å²) in [6, 6.07) is 1.89. The van der Waals surface area contributed by atoms with E-state index >= 15 is 0 Å². The highest BCUT2D eigenvalue weighted by Crippen LogP contribution is 2.27. The number of rotatable bonds is 8. The summed E-state index contributed by atoms with van der Waals surface area (Å²) in [5.41, 5.74) is 0.691. The molecule has 0 aromatic carbocycles. The lowest BCUT2D eigenvalue weighted by atomic mass is 9.96. The van der Waals surface area contributed by atoms with E-state index in [0.717, 1.165) is 86.0 Å². The summed E-state index contributed by atoms with van der Waals surface area (Å²) in [5.74, 6) is 4.58. The molecule has 0 radical (unpaired) electrons. The van der Waals surface area contributed by atoms with Crippen LogP contribution in [0.25, 0.3) is 0 Å². The molecule has 0 bridgehead atoms. The van der Waals surface area contributed by atoms with Crippen molar-refractivity contribution in [2.75, 3.05) is 32.7 Å². The molecule has 3 N–H and O–H groups in total. The third-order valence-electron chi connectivity index (χ3n) is 6.21. The first-order valence-electron chi connectivity index (χ1n) is 11.6.